The normalized spacial score (nSPS) is 14.5. The van der Waals surface area contributed by atoms with E-state index in [2.05, 4.69) is 165 Å². The van der Waals surface area contributed by atoms with Crippen molar-refractivity contribution in [2.45, 2.75) is 302 Å². The minimum Gasteiger partial charge on any atom is -0.756 e. The van der Waals surface area contributed by atoms with Gasteiger partial charge in [0.15, 0.2) is 0 Å². The van der Waals surface area contributed by atoms with Crippen molar-refractivity contribution in [3.8, 4) is 0 Å². The molecule has 0 heterocycles. The largest absolute Gasteiger partial charge is 0.756 e. The van der Waals surface area contributed by atoms with Crippen LogP contribution in [0.5, 0.6) is 0 Å². The van der Waals surface area contributed by atoms with Gasteiger partial charge in [-0.15, -0.1) is 0 Å². The van der Waals surface area contributed by atoms with E-state index in [1.165, 1.54) is 135 Å². The number of carbonyl (C=O) groups is 1. The molecule has 0 spiro atoms. The van der Waals surface area contributed by atoms with Gasteiger partial charge in [0.25, 0.3) is 7.82 Å². The summed E-state index contributed by atoms with van der Waals surface area (Å²) in [5, 5.41) is 14.1. The Balaban J connectivity index is 4.17. The Hall–Kier alpha value is -3.62. The van der Waals surface area contributed by atoms with Crippen LogP contribution in [0.2, 0.25) is 0 Å². The summed E-state index contributed by atoms with van der Waals surface area (Å²) in [6.07, 6.45) is 102. The molecule has 3 unspecified atom stereocenters. The van der Waals surface area contributed by atoms with Crippen LogP contribution < -0.4 is 10.2 Å². The zero-order valence-corrected chi connectivity index (χ0v) is 57.8. The smallest absolute Gasteiger partial charge is 0.268 e. The molecule has 0 aliphatic carbocycles. The predicted molar refractivity (Wildman–Crippen MR) is 380 cm³/mol. The molecule has 1 amide bonds. The molecule has 0 aliphatic rings. The number of nitrogens with zero attached hydrogens (tertiary/aromatic N) is 1. The van der Waals surface area contributed by atoms with Crippen LogP contribution in [0.1, 0.15) is 290 Å². The molecule has 0 radical (unpaired) electrons. The third-order valence-electron chi connectivity index (χ3n) is 15.3. The highest BCUT2D eigenvalue weighted by Crippen LogP contribution is 2.38. The minimum atomic E-state index is -4.60. The SMILES string of the molecule is CC/C=C\C/C=C\C/C=C\C/C=C\C/C=C\C/C=C\C/C=C\C/C=C\C/C=C\C/C=C\C/C=C\C/C=C\CCCCCCC(=O)NC(COP(=O)([O-])OCC[N+](C)(C)C)C(O)CCCCCCCCCCCCCCCCCCCCCCCCCC. The average molecular weight is 1230 g/mol. The number of unbranched alkanes of at least 4 members (excludes halogenated alkanes) is 27. The average Bonchev–Trinajstić information content (AvgIpc) is 3.71. The van der Waals surface area contributed by atoms with E-state index in [1.54, 1.807) is 0 Å². The fraction of sp³-hybridized carbons (Fsp3) is 0.679. The standard InChI is InChI=1S/C78H135N2O6P/c1-6-8-10-12-14-16-18-20-22-24-26-28-30-32-33-34-35-36-37-38-39-40-41-42-43-44-45-46-47-48-50-52-54-56-58-60-62-64-66-68-70-72-78(82)79-76(75-86-87(83,84)85-74-73-80(3,4)5)77(81)71-69-67-65-63-61-59-57-55-53-51-49-31-29-27-25-23-21-19-17-15-13-11-9-7-2/h8,10,14,16,20,22,26,28,32-33,35-36,38-39,41-42,44-45,47-48,52,54,58,60,76-77,81H,6-7,9,11-13,15,17-19,21,23-25,27,29-31,34,37,40,43,46,49-51,53,55-57,59,61-75H2,1-5H3,(H-,79,82,83,84)/b10-8-,16-14-,22-20-,28-26-,33-32-,36-35-,39-38-,42-41-,45-44-,48-47-,54-52-,60-58-. The predicted octanol–water partition coefficient (Wildman–Crippen LogP) is 22.5. The van der Waals surface area contributed by atoms with Crippen LogP contribution in [0.25, 0.3) is 0 Å². The van der Waals surface area contributed by atoms with Gasteiger partial charge in [-0.25, -0.2) is 0 Å². The summed E-state index contributed by atoms with van der Waals surface area (Å²) in [6, 6.07) is -0.827. The van der Waals surface area contributed by atoms with Crippen LogP contribution in [0, 0.1) is 0 Å². The molecule has 0 saturated carbocycles. The molecule has 2 N–H and O–H groups in total. The Morgan fingerprint density at radius 3 is 1.02 bits per heavy atom. The molecule has 0 aliphatic heterocycles. The number of hydrogen-bond acceptors (Lipinski definition) is 6. The summed E-state index contributed by atoms with van der Waals surface area (Å²) >= 11 is 0. The van der Waals surface area contributed by atoms with Gasteiger partial charge in [-0.05, 0) is 103 Å². The van der Waals surface area contributed by atoms with Gasteiger partial charge < -0.3 is 28.8 Å². The van der Waals surface area contributed by atoms with Crippen LogP contribution in [-0.4, -0.2) is 68.5 Å². The molecule has 0 rings (SSSR count). The number of rotatable bonds is 64. The lowest BCUT2D eigenvalue weighted by Crippen LogP contribution is -2.46. The van der Waals surface area contributed by atoms with E-state index in [4.69, 9.17) is 9.05 Å². The van der Waals surface area contributed by atoms with Gasteiger partial charge in [-0.2, -0.15) is 0 Å². The first-order valence-electron chi connectivity index (χ1n) is 35.7. The first-order chi connectivity index (χ1) is 42.5. The molecule has 8 nitrogen and oxygen atoms in total. The van der Waals surface area contributed by atoms with E-state index in [0.29, 0.717) is 23.9 Å². The van der Waals surface area contributed by atoms with Crippen molar-refractivity contribution in [2.75, 3.05) is 40.9 Å². The second-order valence-corrected chi connectivity index (χ2v) is 26.3. The first-order valence-corrected chi connectivity index (χ1v) is 37.1. The Bertz CT molecular complexity index is 1930. The number of carbonyl (C=O) groups excluding carboxylic acids is 1. The number of hydrogen-bond donors (Lipinski definition) is 2. The number of amides is 1. The Morgan fingerprint density at radius 1 is 0.414 bits per heavy atom. The van der Waals surface area contributed by atoms with Crippen molar-refractivity contribution in [1.29, 1.82) is 0 Å². The lowest BCUT2D eigenvalue weighted by atomic mass is 10.0. The minimum absolute atomic E-state index is 0.0000202. The first kappa shape index (κ1) is 83.4. The molecule has 498 valence electrons. The Kier molecular flexibility index (Phi) is 64.0. The van der Waals surface area contributed by atoms with Crippen molar-refractivity contribution in [1.82, 2.24) is 5.32 Å². The van der Waals surface area contributed by atoms with Crippen molar-refractivity contribution >= 4 is 13.7 Å². The maximum absolute atomic E-state index is 13.1. The maximum atomic E-state index is 13.1. The van der Waals surface area contributed by atoms with Crippen molar-refractivity contribution in [3.63, 3.8) is 0 Å². The molecule has 9 heteroatoms. The van der Waals surface area contributed by atoms with E-state index in [1.807, 2.05) is 21.1 Å². The van der Waals surface area contributed by atoms with Gasteiger partial charge in [0.2, 0.25) is 5.91 Å². The van der Waals surface area contributed by atoms with Gasteiger partial charge >= 0.3 is 0 Å². The second kappa shape index (κ2) is 66.8. The monoisotopic (exact) mass is 1230 g/mol. The number of aliphatic hydroxyl groups is 1. The quantitative estimate of drug-likeness (QED) is 0.0272. The highest BCUT2D eigenvalue weighted by atomic mass is 31.2. The van der Waals surface area contributed by atoms with Gasteiger partial charge in [0, 0.05) is 6.42 Å². The zero-order chi connectivity index (χ0) is 63.4. The molecule has 0 fully saturated rings. The summed E-state index contributed by atoms with van der Waals surface area (Å²) in [5.74, 6) is -0.192. The van der Waals surface area contributed by atoms with Crippen LogP contribution in [0.3, 0.4) is 0 Å². The number of likely N-dealkylation sites (N-methyl/N-ethyl adjacent to an activating group) is 1. The van der Waals surface area contributed by atoms with E-state index in [-0.39, 0.29) is 19.1 Å². The fourth-order valence-electron chi connectivity index (χ4n) is 9.85. The van der Waals surface area contributed by atoms with Crippen LogP contribution >= 0.6 is 7.82 Å². The number of allylic oxidation sites excluding steroid dienone is 24. The molecule has 87 heavy (non-hydrogen) atoms. The van der Waals surface area contributed by atoms with Crippen LogP contribution in [-0.2, 0) is 18.4 Å². The summed E-state index contributed by atoms with van der Waals surface area (Å²) in [7, 11) is 1.27. The molecule has 0 aromatic carbocycles. The van der Waals surface area contributed by atoms with Crippen molar-refractivity contribution in [2.24, 2.45) is 0 Å². The number of nitrogens with one attached hydrogen (secondary N) is 1. The maximum Gasteiger partial charge on any atom is 0.268 e. The van der Waals surface area contributed by atoms with Gasteiger partial charge in [-0.3, -0.25) is 9.36 Å². The van der Waals surface area contributed by atoms with Crippen LogP contribution in [0.15, 0.2) is 146 Å². The molecular formula is C78H135N2O6P. The Morgan fingerprint density at radius 2 is 0.701 bits per heavy atom. The lowest BCUT2D eigenvalue weighted by Gasteiger charge is -2.30. The fourth-order valence-corrected chi connectivity index (χ4v) is 10.6. The highest BCUT2D eigenvalue weighted by Gasteiger charge is 2.24. The third kappa shape index (κ3) is 69.7. The van der Waals surface area contributed by atoms with E-state index in [0.717, 1.165) is 128 Å². The number of quaternary nitrogens is 1. The highest BCUT2D eigenvalue weighted by molar-refractivity contribution is 7.45. The topological polar surface area (TPSA) is 108 Å². The van der Waals surface area contributed by atoms with Crippen molar-refractivity contribution in [3.05, 3.63) is 146 Å². The summed E-state index contributed by atoms with van der Waals surface area (Å²) in [5.41, 5.74) is 0. The van der Waals surface area contributed by atoms with E-state index in [9.17, 15) is 19.4 Å². The number of phosphoric ester groups is 1. The zero-order valence-electron chi connectivity index (χ0n) is 56.9. The van der Waals surface area contributed by atoms with Gasteiger partial charge in [-0.1, -0.05) is 327 Å². The summed E-state index contributed by atoms with van der Waals surface area (Å²) < 4.78 is 23.5. The second-order valence-electron chi connectivity index (χ2n) is 24.9. The van der Waals surface area contributed by atoms with Gasteiger partial charge in [0.05, 0.1) is 39.9 Å². The van der Waals surface area contributed by atoms with Crippen LogP contribution in [0.4, 0.5) is 0 Å². The summed E-state index contributed by atoms with van der Waals surface area (Å²) in [6.45, 7) is 4.60. The third-order valence-corrected chi connectivity index (χ3v) is 16.3. The molecule has 0 saturated heterocycles. The molecule has 0 bridgehead atoms. The number of aliphatic hydroxyl groups excluding tert-OH is 1. The Labute approximate surface area is 538 Å². The molecular weight excluding hydrogens is 1090 g/mol. The number of phosphoric acid groups is 1. The molecule has 0 aromatic heterocycles. The summed E-state index contributed by atoms with van der Waals surface area (Å²) in [4.78, 5) is 25.7. The molecule has 3 atom stereocenters. The van der Waals surface area contributed by atoms with Crippen molar-refractivity contribution < 1.29 is 32.9 Å². The van der Waals surface area contributed by atoms with Gasteiger partial charge in [0.1, 0.15) is 13.2 Å². The molecule has 0 aromatic rings. The van der Waals surface area contributed by atoms with E-state index >= 15 is 0 Å². The lowest BCUT2D eigenvalue weighted by molar-refractivity contribution is -0.870. The van der Waals surface area contributed by atoms with E-state index < -0.39 is 20.0 Å².